The van der Waals surface area contributed by atoms with Crippen LogP contribution in [0.25, 0.3) is 10.8 Å². The molecule has 2 amide bonds. The Balaban J connectivity index is 0.00000168. The number of nitrogens with two attached hydrogens (primary N) is 1. The topological polar surface area (TPSA) is 66.6 Å². The number of fused-ring (bicyclic) bond motifs is 2. The zero-order valence-corrected chi connectivity index (χ0v) is 15.5. The molecule has 3 atom stereocenters. The van der Waals surface area contributed by atoms with Crippen molar-refractivity contribution in [3.8, 4) is 0 Å². The molecule has 2 saturated heterocycles. The van der Waals surface area contributed by atoms with Crippen molar-refractivity contribution in [2.75, 3.05) is 12.8 Å². The smallest absolute Gasteiger partial charge is 0.261 e. The van der Waals surface area contributed by atoms with Crippen LogP contribution in [0.3, 0.4) is 0 Å². The van der Waals surface area contributed by atoms with E-state index < -0.39 is 0 Å². The molecule has 3 aliphatic heterocycles. The van der Waals surface area contributed by atoms with Gasteiger partial charge in [0.05, 0.1) is 0 Å². The third-order valence-corrected chi connectivity index (χ3v) is 6.41. The Morgan fingerprint density at radius 2 is 1.54 bits per heavy atom. The van der Waals surface area contributed by atoms with Gasteiger partial charge in [-0.05, 0) is 50.9 Å². The number of carbonyl (C=O) groups is 2. The van der Waals surface area contributed by atoms with Crippen molar-refractivity contribution in [3.63, 3.8) is 0 Å². The number of anilines is 1. The summed E-state index contributed by atoms with van der Waals surface area (Å²) in [5.41, 5.74) is 7.87. The molecule has 136 valence electrons. The fraction of sp³-hybridized carbons (Fsp3) is 0.400. The summed E-state index contributed by atoms with van der Waals surface area (Å²) in [5, 5.41) is 1.50. The lowest BCUT2D eigenvalue weighted by molar-refractivity contribution is 0.0397. The van der Waals surface area contributed by atoms with Crippen molar-refractivity contribution >= 4 is 40.7 Å². The van der Waals surface area contributed by atoms with Crippen LogP contribution in [0.15, 0.2) is 30.3 Å². The third-order valence-electron chi connectivity index (χ3n) is 6.41. The van der Waals surface area contributed by atoms with E-state index >= 15 is 0 Å². The second kappa shape index (κ2) is 5.96. The molecule has 0 aliphatic carbocycles. The lowest BCUT2D eigenvalue weighted by Crippen LogP contribution is -2.54. The maximum absolute atomic E-state index is 13.2. The quantitative estimate of drug-likeness (QED) is 0.618. The Kier molecular flexibility index (Phi) is 3.97. The van der Waals surface area contributed by atoms with Crippen LogP contribution in [0.4, 0.5) is 5.69 Å². The first kappa shape index (κ1) is 17.3. The number of hydrogen-bond donors (Lipinski definition) is 1. The predicted molar refractivity (Wildman–Crippen MR) is 104 cm³/mol. The van der Waals surface area contributed by atoms with Crippen molar-refractivity contribution in [1.29, 1.82) is 0 Å². The molecule has 2 aromatic carbocycles. The van der Waals surface area contributed by atoms with E-state index in [9.17, 15) is 9.59 Å². The molecule has 3 heterocycles. The first-order valence-electron chi connectivity index (χ1n) is 8.97. The monoisotopic (exact) mass is 371 g/mol. The zero-order chi connectivity index (χ0) is 17.3. The van der Waals surface area contributed by atoms with Crippen LogP contribution >= 0.6 is 12.4 Å². The van der Waals surface area contributed by atoms with E-state index in [4.69, 9.17) is 5.73 Å². The van der Waals surface area contributed by atoms with Crippen LogP contribution in [0.1, 0.15) is 46.4 Å². The summed E-state index contributed by atoms with van der Waals surface area (Å²) in [6.45, 7) is 0. The van der Waals surface area contributed by atoms with Crippen LogP contribution in [-0.4, -0.2) is 46.8 Å². The van der Waals surface area contributed by atoms with Gasteiger partial charge in [-0.1, -0.05) is 12.1 Å². The largest absolute Gasteiger partial charge is 0.398 e. The molecule has 0 spiro atoms. The zero-order valence-electron chi connectivity index (χ0n) is 14.6. The van der Waals surface area contributed by atoms with E-state index in [0.717, 1.165) is 31.1 Å². The molecular weight excluding hydrogens is 350 g/mol. The van der Waals surface area contributed by atoms with E-state index in [1.54, 1.807) is 12.1 Å². The molecule has 5 rings (SSSR count). The molecule has 2 bridgehead atoms. The van der Waals surface area contributed by atoms with E-state index in [2.05, 4.69) is 11.9 Å². The molecule has 3 aliphatic rings. The Hall–Kier alpha value is -2.11. The molecular formula is C20H22ClN3O2. The van der Waals surface area contributed by atoms with Gasteiger partial charge < -0.3 is 10.6 Å². The molecule has 26 heavy (non-hydrogen) atoms. The minimum absolute atomic E-state index is 0. The summed E-state index contributed by atoms with van der Waals surface area (Å²) >= 11 is 0. The predicted octanol–water partition coefficient (Wildman–Crippen LogP) is 3.07. The number of benzene rings is 2. The number of piperidine rings is 1. The SMILES string of the molecule is CN1[C@@H]2CC[C@H]1CC(N1C(=O)c3cccc4c(N)ccc(c34)C1=O)C2.Cl. The first-order valence-corrected chi connectivity index (χ1v) is 8.97. The number of nitrogen functional groups attached to an aromatic ring is 1. The highest BCUT2D eigenvalue weighted by molar-refractivity contribution is 6.26. The van der Waals surface area contributed by atoms with Crippen LogP contribution < -0.4 is 5.73 Å². The number of hydrogen-bond acceptors (Lipinski definition) is 4. The van der Waals surface area contributed by atoms with E-state index in [1.165, 1.54) is 4.90 Å². The molecule has 5 nitrogen and oxygen atoms in total. The molecule has 2 aromatic rings. The normalized spacial score (nSPS) is 27.7. The standard InChI is InChI=1S/C20H21N3O2.ClH/c1-22-11-5-6-12(22)10-13(9-11)23-19(24)15-4-2-3-14-17(21)8-7-16(18(14)15)20(23)25;/h2-4,7-8,11-13H,5-6,9-10,21H2,1H3;1H/t11-,12+,13?;. The van der Waals surface area contributed by atoms with E-state index in [1.807, 2.05) is 18.2 Å². The summed E-state index contributed by atoms with van der Waals surface area (Å²) < 4.78 is 0. The minimum Gasteiger partial charge on any atom is -0.398 e. The van der Waals surface area contributed by atoms with Gasteiger partial charge in [0, 0.05) is 45.7 Å². The number of halogens is 1. The van der Waals surface area contributed by atoms with Crippen LogP contribution in [-0.2, 0) is 0 Å². The molecule has 0 aromatic heterocycles. The Bertz CT molecular complexity index is 892. The molecule has 0 radical (unpaired) electrons. The molecule has 2 fully saturated rings. The maximum atomic E-state index is 13.2. The second-order valence-electron chi connectivity index (χ2n) is 7.59. The summed E-state index contributed by atoms with van der Waals surface area (Å²) in [6.07, 6.45) is 4.09. The van der Waals surface area contributed by atoms with Crippen molar-refractivity contribution in [2.24, 2.45) is 0 Å². The molecule has 2 N–H and O–H groups in total. The summed E-state index contributed by atoms with van der Waals surface area (Å²) in [7, 11) is 2.16. The second-order valence-corrected chi connectivity index (χ2v) is 7.59. The highest BCUT2D eigenvalue weighted by atomic mass is 35.5. The number of rotatable bonds is 1. The van der Waals surface area contributed by atoms with Crippen LogP contribution in [0, 0.1) is 0 Å². The van der Waals surface area contributed by atoms with Gasteiger partial charge in [-0.25, -0.2) is 0 Å². The van der Waals surface area contributed by atoms with Gasteiger partial charge in [-0.3, -0.25) is 14.5 Å². The summed E-state index contributed by atoms with van der Waals surface area (Å²) in [4.78, 5) is 30.3. The van der Waals surface area contributed by atoms with Gasteiger partial charge >= 0.3 is 0 Å². The van der Waals surface area contributed by atoms with E-state index in [-0.39, 0.29) is 30.3 Å². The summed E-state index contributed by atoms with van der Waals surface area (Å²) in [5.74, 6) is -0.328. The van der Waals surface area contributed by atoms with Gasteiger partial charge in [0.1, 0.15) is 0 Å². The fourth-order valence-corrected chi connectivity index (χ4v) is 5.06. The number of amides is 2. The van der Waals surface area contributed by atoms with Gasteiger partial charge in [0.2, 0.25) is 0 Å². The number of carbonyl (C=O) groups excluding carboxylic acids is 2. The first-order chi connectivity index (χ1) is 12.1. The fourth-order valence-electron chi connectivity index (χ4n) is 5.06. The van der Waals surface area contributed by atoms with E-state index in [0.29, 0.717) is 34.3 Å². The Labute approximate surface area is 158 Å². The van der Waals surface area contributed by atoms with Gasteiger partial charge in [-0.15, -0.1) is 12.4 Å². The molecule has 6 heteroatoms. The maximum Gasteiger partial charge on any atom is 0.261 e. The van der Waals surface area contributed by atoms with Crippen molar-refractivity contribution < 1.29 is 9.59 Å². The lowest BCUT2D eigenvalue weighted by Gasteiger charge is -2.42. The molecule has 0 saturated carbocycles. The minimum atomic E-state index is -0.164. The average molecular weight is 372 g/mol. The molecule has 1 unspecified atom stereocenters. The average Bonchev–Trinajstić information content (AvgIpc) is 2.82. The Morgan fingerprint density at radius 3 is 2.19 bits per heavy atom. The van der Waals surface area contributed by atoms with Crippen molar-refractivity contribution in [2.45, 2.75) is 43.8 Å². The third kappa shape index (κ3) is 2.20. The number of nitrogens with zero attached hydrogens (tertiary/aromatic N) is 2. The van der Waals surface area contributed by atoms with Crippen molar-refractivity contribution in [1.82, 2.24) is 9.80 Å². The highest BCUT2D eigenvalue weighted by Gasteiger charge is 2.45. The summed E-state index contributed by atoms with van der Waals surface area (Å²) in [6, 6.07) is 10.0. The van der Waals surface area contributed by atoms with Gasteiger partial charge in [-0.2, -0.15) is 0 Å². The van der Waals surface area contributed by atoms with Gasteiger partial charge in [0.25, 0.3) is 11.8 Å². The van der Waals surface area contributed by atoms with Gasteiger partial charge in [0.15, 0.2) is 0 Å². The Morgan fingerprint density at radius 1 is 0.923 bits per heavy atom. The lowest BCUT2D eigenvalue weighted by atomic mass is 9.89. The van der Waals surface area contributed by atoms with Crippen LogP contribution in [0.2, 0.25) is 0 Å². The number of imide groups is 1. The highest BCUT2D eigenvalue weighted by Crippen LogP contribution is 2.40. The van der Waals surface area contributed by atoms with Crippen LogP contribution in [0.5, 0.6) is 0 Å². The van der Waals surface area contributed by atoms with Crippen molar-refractivity contribution in [3.05, 3.63) is 41.5 Å².